The Morgan fingerprint density at radius 2 is 1.66 bits per heavy atom. The van der Waals surface area contributed by atoms with Crippen LogP contribution in [0, 0.1) is 0 Å². The first-order valence-corrected chi connectivity index (χ1v) is 13.3. The number of nitrogens with zero attached hydrogens (tertiary/aromatic N) is 4. The zero-order chi connectivity index (χ0) is 28.8. The number of rotatable bonds is 7. The van der Waals surface area contributed by atoms with Crippen molar-refractivity contribution in [3.63, 3.8) is 0 Å². The summed E-state index contributed by atoms with van der Waals surface area (Å²) in [6, 6.07) is 18.3. The molecular formula is C29H28F3N7O2. The van der Waals surface area contributed by atoms with E-state index < -0.39 is 23.7 Å². The van der Waals surface area contributed by atoms with Crippen molar-refractivity contribution in [1.82, 2.24) is 20.6 Å². The Kier molecular flexibility index (Phi) is 8.27. The van der Waals surface area contributed by atoms with Gasteiger partial charge in [-0.3, -0.25) is 15.0 Å². The van der Waals surface area contributed by atoms with Gasteiger partial charge in [-0.15, -0.1) is 5.10 Å². The van der Waals surface area contributed by atoms with Crippen molar-refractivity contribution in [2.24, 2.45) is 0 Å². The maximum absolute atomic E-state index is 13.5. The van der Waals surface area contributed by atoms with Gasteiger partial charge in [0.2, 0.25) is 0 Å². The normalized spacial score (nSPS) is 13.9. The van der Waals surface area contributed by atoms with E-state index in [1.807, 2.05) is 24.3 Å². The number of anilines is 3. The summed E-state index contributed by atoms with van der Waals surface area (Å²) in [7, 11) is 0. The summed E-state index contributed by atoms with van der Waals surface area (Å²) in [5.41, 5.74) is 2.03. The number of halogens is 3. The first kappa shape index (κ1) is 27.8. The predicted octanol–water partition coefficient (Wildman–Crippen LogP) is 6.76. The van der Waals surface area contributed by atoms with Crippen molar-refractivity contribution in [2.45, 2.75) is 50.7 Å². The van der Waals surface area contributed by atoms with Crippen molar-refractivity contribution in [2.75, 3.05) is 15.5 Å². The Bertz CT molecular complexity index is 1470. The average Bonchev–Trinajstić information content (AvgIpc) is 3.49. The van der Waals surface area contributed by atoms with Crippen LogP contribution in [0.3, 0.4) is 0 Å². The van der Waals surface area contributed by atoms with Crippen LogP contribution in [0.4, 0.5) is 35.3 Å². The van der Waals surface area contributed by atoms with Crippen molar-refractivity contribution in [3.8, 4) is 0 Å². The molecule has 0 saturated heterocycles. The topological polar surface area (TPSA) is 116 Å². The number of urea groups is 1. The van der Waals surface area contributed by atoms with Crippen LogP contribution in [-0.4, -0.2) is 32.6 Å². The van der Waals surface area contributed by atoms with Gasteiger partial charge in [-0.1, -0.05) is 54.7 Å². The molecule has 1 aliphatic rings. The number of alkyl halides is 3. The van der Waals surface area contributed by atoms with Crippen LogP contribution in [0.25, 0.3) is 0 Å². The van der Waals surface area contributed by atoms with Gasteiger partial charge >= 0.3 is 12.2 Å². The molecule has 4 aromatic rings. The van der Waals surface area contributed by atoms with E-state index in [1.54, 1.807) is 24.3 Å². The van der Waals surface area contributed by atoms with Gasteiger partial charge < -0.3 is 5.32 Å². The van der Waals surface area contributed by atoms with Crippen LogP contribution in [0.5, 0.6) is 0 Å². The van der Waals surface area contributed by atoms with Gasteiger partial charge in [0.1, 0.15) is 0 Å². The summed E-state index contributed by atoms with van der Waals surface area (Å²) in [5.74, 6) is 0.0833. The van der Waals surface area contributed by atoms with Gasteiger partial charge in [0.05, 0.1) is 12.1 Å². The molecular weight excluding hydrogens is 535 g/mol. The summed E-state index contributed by atoms with van der Waals surface area (Å²) in [4.78, 5) is 27.4. The van der Waals surface area contributed by atoms with E-state index >= 15 is 0 Å². The molecule has 3 N–H and O–H groups in total. The third kappa shape index (κ3) is 7.07. The zero-order valence-electron chi connectivity index (χ0n) is 22.0. The maximum atomic E-state index is 13.5. The fraction of sp³-hybridized carbons (Fsp3) is 0.276. The summed E-state index contributed by atoms with van der Waals surface area (Å²) in [6.45, 7) is 0.111. The Balaban J connectivity index is 1.36. The van der Waals surface area contributed by atoms with Crippen LogP contribution in [0.1, 0.15) is 65.1 Å². The van der Waals surface area contributed by atoms with Crippen molar-refractivity contribution in [3.05, 3.63) is 95.1 Å². The molecule has 3 aromatic carbocycles. The van der Waals surface area contributed by atoms with Crippen LogP contribution < -0.4 is 15.5 Å². The fourth-order valence-corrected chi connectivity index (χ4v) is 4.94. The molecule has 1 heterocycles. The number of hydrogen-bond acceptors (Lipinski definition) is 5. The minimum absolute atomic E-state index is 0.0298. The fourth-order valence-electron chi connectivity index (χ4n) is 4.94. The van der Waals surface area contributed by atoms with Crippen LogP contribution in [0.2, 0.25) is 0 Å². The van der Waals surface area contributed by atoms with E-state index in [0.717, 1.165) is 25.0 Å². The summed E-state index contributed by atoms with van der Waals surface area (Å²) < 4.78 is 39.7. The van der Waals surface area contributed by atoms with Crippen LogP contribution in [-0.2, 0) is 12.7 Å². The number of nitrogens with one attached hydrogen (secondary N) is 3. The van der Waals surface area contributed by atoms with Gasteiger partial charge in [-0.05, 0) is 77.6 Å². The highest BCUT2D eigenvalue weighted by molar-refractivity contribution is 6.03. The molecule has 0 atom stereocenters. The molecule has 9 nitrogen and oxygen atoms in total. The predicted molar refractivity (Wildman–Crippen MR) is 147 cm³/mol. The molecule has 1 saturated carbocycles. The highest BCUT2D eigenvalue weighted by Gasteiger charge is 2.30. The average molecular weight is 564 g/mol. The lowest BCUT2D eigenvalue weighted by Gasteiger charge is -2.26. The number of hydrogen-bond donors (Lipinski definition) is 3. The Morgan fingerprint density at radius 3 is 2.32 bits per heavy atom. The van der Waals surface area contributed by atoms with Gasteiger partial charge in [0.25, 0.3) is 11.9 Å². The molecule has 0 unspecified atom stereocenters. The first-order valence-electron chi connectivity index (χ1n) is 13.3. The van der Waals surface area contributed by atoms with Gasteiger partial charge in [-0.25, -0.2) is 4.79 Å². The smallest absolute Gasteiger partial charge is 0.308 e. The standard InChI is InChI=1S/C29H28F3N7O2/c30-29(31,32)23-7-4-8-24(17-23)33-28(41)39(25-15-13-21(14-16-25)20-5-2-1-3-6-20)18-19-9-11-22(12-10-19)26(40)34-27-35-37-38-36-27/h4,7-17,20H,1-3,5-6,18H2,(H,33,41)(H2,34,35,36,37,38,40). The third-order valence-corrected chi connectivity index (χ3v) is 7.10. The molecule has 1 fully saturated rings. The molecule has 3 amide bonds. The summed E-state index contributed by atoms with van der Waals surface area (Å²) in [5, 5.41) is 18.1. The minimum atomic E-state index is -4.53. The second-order valence-corrected chi connectivity index (χ2v) is 9.91. The number of aromatic nitrogens is 4. The summed E-state index contributed by atoms with van der Waals surface area (Å²) >= 11 is 0. The van der Waals surface area contributed by atoms with E-state index in [4.69, 9.17) is 0 Å². The molecule has 0 aliphatic heterocycles. The van der Waals surface area contributed by atoms with Crippen LogP contribution in [0.15, 0.2) is 72.8 Å². The van der Waals surface area contributed by atoms with Crippen molar-refractivity contribution in [1.29, 1.82) is 0 Å². The quantitative estimate of drug-likeness (QED) is 0.230. The van der Waals surface area contributed by atoms with Gasteiger partial charge in [0.15, 0.2) is 0 Å². The molecule has 41 heavy (non-hydrogen) atoms. The molecule has 212 valence electrons. The second kappa shape index (κ2) is 12.2. The number of amides is 3. The number of tetrazole rings is 1. The van der Waals surface area contributed by atoms with E-state index in [9.17, 15) is 22.8 Å². The Labute approximate surface area is 234 Å². The molecule has 0 spiro atoms. The molecule has 1 aliphatic carbocycles. The molecule has 12 heteroatoms. The lowest BCUT2D eigenvalue weighted by Crippen LogP contribution is -2.34. The SMILES string of the molecule is O=C(Nc1nn[nH]n1)c1ccc(CN(C(=O)Nc2cccc(C(F)(F)F)c2)c2ccc(C3CCCCC3)cc2)cc1. The Morgan fingerprint density at radius 1 is 0.927 bits per heavy atom. The third-order valence-electron chi connectivity index (χ3n) is 7.10. The van der Waals surface area contributed by atoms with E-state index in [-0.39, 0.29) is 18.2 Å². The molecule has 0 bridgehead atoms. The van der Waals surface area contributed by atoms with Crippen molar-refractivity contribution >= 4 is 29.3 Å². The maximum Gasteiger partial charge on any atom is 0.416 e. The molecule has 0 radical (unpaired) electrons. The zero-order valence-corrected chi connectivity index (χ0v) is 22.0. The van der Waals surface area contributed by atoms with E-state index in [2.05, 4.69) is 31.3 Å². The highest BCUT2D eigenvalue weighted by Crippen LogP contribution is 2.34. The van der Waals surface area contributed by atoms with Crippen LogP contribution >= 0.6 is 0 Å². The highest BCUT2D eigenvalue weighted by atomic mass is 19.4. The molecule has 1 aromatic heterocycles. The minimum Gasteiger partial charge on any atom is -0.308 e. The number of H-pyrrole nitrogens is 1. The second-order valence-electron chi connectivity index (χ2n) is 9.91. The van der Waals surface area contributed by atoms with Gasteiger partial charge in [0, 0.05) is 16.9 Å². The Hall–Kier alpha value is -4.74. The van der Waals surface area contributed by atoms with Crippen molar-refractivity contribution < 1.29 is 22.8 Å². The number of carbonyl (C=O) groups is 2. The van der Waals surface area contributed by atoms with E-state index in [1.165, 1.54) is 41.9 Å². The number of carbonyl (C=O) groups excluding carboxylic acids is 2. The van der Waals surface area contributed by atoms with E-state index in [0.29, 0.717) is 22.7 Å². The summed E-state index contributed by atoms with van der Waals surface area (Å²) in [6.07, 6.45) is 1.36. The monoisotopic (exact) mass is 563 g/mol. The lowest BCUT2D eigenvalue weighted by atomic mass is 9.84. The number of benzene rings is 3. The van der Waals surface area contributed by atoms with Gasteiger partial charge in [-0.2, -0.15) is 18.4 Å². The number of aromatic amines is 1. The molecule has 5 rings (SSSR count). The largest absolute Gasteiger partial charge is 0.416 e. The lowest BCUT2D eigenvalue weighted by molar-refractivity contribution is -0.137. The first-order chi connectivity index (χ1) is 19.8.